The van der Waals surface area contributed by atoms with Crippen LogP contribution < -0.4 is 24.8 Å². The maximum Gasteiger partial charge on any atom is 0.408 e. The number of halogens is 3. The van der Waals surface area contributed by atoms with Crippen molar-refractivity contribution in [2.45, 2.75) is 132 Å². The molecule has 4 amide bonds. The number of hydrogen-bond donors (Lipinski definition) is 3. The number of carbonyl (C=O) groups is 4. The molecule has 7 rings (SSSR count). The predicted molar refractivity (Wildman–Crippen MR) is 213 cm³/mol. The van der Waals surface area contributed by atoms with E-state index in [0.29, 0.717) is 44.1 Å². The van der Waals surface area contributed by atoms with Gasteiger partial charge in [-0.25, -0.2) is 26.4 Å². The zero-order chi connectivity index (χ0) is 43.4. The number of carbonyl (C=O) groups excluding carboxylic acids is 4. The fourth-order valence-electron chi connectivity index (χ4n) is 8.52. The minimum atomic E-state index is -4.44. The Kier molecular flexibility index (Phi) is 11.6. The summed E-state index contributed by atoms with van der Waals surface area (Å²) in [5.74, 6) is -6.52. The lowest BCUT2D eigenvalue weighted by molar-refractivity contribution is -0.152. The maximum absolute atomic E-state index is 14.9. The largest absolute Gasteiger partial charge is 0.477 e. The normalized spacial score (nSPS) is 29.9. The molecule has 5 aliphatic rings. The Balaban J connectivity index is 1.24. The average Bonchev–Trinajstić information content (AvgIpc) is 4.09. The number of alkyl halides is 3. The van der Waals surface area contributed by atoms with Gasteiger partial charge >= 0.3 is 6.09 Å². The molecular formula is C42H54F3N5O9S. The fourth-order valence-corrected chi connectivity index (χ4v) is 9.95. The number of benzene rings is 1. The second kappa shape index (κ2) is 16.0. The van der Waals surface area contributed by atoms with Crippen LogP contribution in [0.15, 0.2) is 36.4 Å². The van der Waals surface area contributed by atoms with E-state index in [1.165, 1.54) is 4.90 Å². The third-order valence-electron chi connectivity index (χ3n) is 13.0. The first-order chi connectivity index (χ1) is 28.2. The van der Waals surface area contributed by atoms with Gasteiger partial charge in [0.1, 0.15) is 35.1 Å². The Hall–Kier alpha value is -4.61. The number of ether oxygens (including phenoxy) is 3. The molecule has 4 heterocycles. The molecule has 0 bridgehead atoms. The molecule has 1 aromatic heterocycles. The standard InChI is InChI=1S/C42H54F3N5O9S/c1-24-11-6-7-12-26-21-42(26,37(53)49-60(55,56)41(23-43)16-17-41)48-33(51)31-20-27(58-35-30-14-9-8-13-28(30)29-15-10-18-57-34(29)47-35)22-50(31)36(52)32(25(2)19-24)46-38(54)59-39(3,4)40(5,44)45/h7-9,12-14,24-27,31-32H,6,10-11,15-23H2,1-5H3,(H,46,54)(H,48,51)(H,49,53)/b12-7-/t24-,25-,26-,27-,31+,32+,42-/m1/s1. The average molecular weight is 862 g/mol. The molecule has 1 aromatic carbocycles. The summed E-state index contributed by atoms with van der Waals surface area (Å²) in [7, 11) is -4.44. The highest BCUT2D eigenvalue weighted by Crippen LogP contribution is 2.48. The van der Waals surface area contributed by atoms with Gasteiger partial charge in [-0.15, -0.1) is 0 Å². The summed E-state index contributed by atoms with van der Waals surface area (Å²) in [6.45, 7) is 5.55. The van der Waals surface area contributed by atoms with Gasteiger partial charge in [0, 0.05) is 30.2 Å². The number of alkyl carbamates (subject to hydrolysis) is 1. The summed E-state index contributed by atoms with van der Waals surface area (Å²) >= 11 is 0. The van der Waals surface area contributed by atoms with E-state index in [1.54, 1.807) is 13.0 Å². The lowest BCUT2D eigenvalue weighted by Crippen LogP contribution is -2.60. The van der Waals surface area contributed by atoms with Crippen molar-refractivity contribution >= 4 is 44.6 Å². The first-order valence-electron chi connectivity index (χ1n) is 20.7. The zero-order valence-electron chi connectivity index (χ0n) is 34.5. The Labute approximate surface area is 347 Å². The van der Waals surface area contributed by atoms with Gasteiger partial charge < -0.3 is 29.7 Å². The summed E-state index contributed by atoms with van der Waals surface area (Å²) in [5.41, 5.74) is -3.03. The molecule has 7 atom stereocenters. The molecule has 2 aromatic rings. The SMILES string of the molecule is C[C@@H]1CC/C=C\[C@@H]2C[C@@]2(C(=O)NS(=O)(=O)C2(CF)CC2)NC(=O)[C@@H]2C[C@@H](Oc3nc4c(c5ccccc35)CCCO4)CN2C(=O)[C@@H](NC(=O)OC(C)(C)C(C)(F)F)[C@H](C)C1. The third kappa shape index (κ3) is 8.36. The second-order valence-electron chi connectivity index (χ2n) is 17.9. The van der Waals surface area contributed by atoms with Crippen LogP contribution in [0.3, 0.4) is 0 Å². The van der Waals surface area contributed by atoms with E-state index in [2.05, 4.69) is 15.4 Å². The predicted octanol–water partition coefficient (Wildman–Crippen LogP) is 5.27. The summed E-state index contributed by atoms with van der Waals surface area (Å²) in [6.07, 6.45) is 4.67. The van der Waals surface area contributed by atoms with E-state index in [-0.39, 0.29) is 44.0 Å². The van der Waals surface area contributed by atoms with Crippen LogP contribution in [0.2, 0.25) is 0 Å². The second-order valence-corrected chi connectivity index (χ2v) is 20.0. The number of hydrogen-bond acceptors (Lipinski definition) is 10. The first kappa shape index (κ1) is 43.5. The molecule has 3 aliphatic heterocycles. The fraction of sp³-hybridized carbons (Fsp3) is 0.643. The number of aryl methyl sites for hydroxylation is 1. The number of nitrogens with one attached hydrogen (secondary N) is 3. The van der Waals surface area contributed by atoms with E-state index >= 15 is 0 Å². The monoisotopic (exact) mass is 861 g/mol. The molecule has 3 N–H and O–H groups in total. The van der Waals surface area contributed by atoms with Gasteiger partial charge in [0.05, 0.1) is 13.2 Å². The van der Waals surface area contributed by atoms with Crippen LogP contribution in [-0.4, -0.2) is 102 Å². The number of allylic oxidation sites excluding steroid dienone is 1. The molecule has 328 valence electrons. The first-order valence-corrected chi connectivity index (χ1v) is 22.2. The van der Waals surface area contributed by atoms with Crippen LogP contribution in [0.5, 0.6) is 11.8 Å². The zero-order valence-corrected chi connectivity index (χ0v) is 35.3. The molecule has 0 radical (unpaired) electrons. The molecule has 60 heavy (non-hydrogen) atoms. The number of fused-ring (bicyclic) bond motifs is 5. The summed E-state index contributed by atoms with van der Waals surface area (Å²) in [5, 5.41) is 6.88. The van der Waals surface area contributed by atoms with Crippen LogP contribution >= 0.6 is 0 Å². The smallest absolute Gasteiger partial charge is 0.408 e. The molecule has 18 heteroatoms. The molecule has 0 unspecified atom stereocenters. The lowest BCUT2D eigenvalue weighted by Gasteiger charge is -2.35. The highest BCUT2D eigenvalue weighted by atomic mass is 32.2. The van der Waals surface area contributed by atoms with Gasteiger partial charge in [-0.3, -0.25) is 19.1 Å². The van der Waals surface area contributed by atoms with Crippen molar-refractivity contribution in [2.24, 2.45) is 17.8 Å². The number of amides is 4. The van der Waals surface area contributed by atoms with Crippen LogP contribution in [0.4, 0.5) is 18.0 Å². The van der Waals surface area contributed by atoms with Crippen LogP contribution in [0, 0.1) is 17.8 Å². The molecular weight excluding hydrogens is 808 g/mol. The van der Waals surface area contributed by atoms with Gasteiger partial charge in [0.25, 0.3) is 11.8 Å². The molecule has 3 fully saturated rings. The summed E-state index contributed by atoms with van der Waals surface area (Å²) in [4.78, 5) is 62.8. The van der Waals surface area contributed by atoms with Crippen LogP contribution in [0.25, 0.3) is 10.8 Å². The van der Waals surface area contributed by atoms with Gasteiger partial charge in [-0.1, -0.05) is 44.2 Å². The number of pyridine rings is 1. The van der Waals surface area contributed by atoms with Crippen molar-refractivity contribution in [1.29, 1.82) is 0 Å². The number of nitrogens with zero attached hydrogens (tertiary/aromatic N) is 2. The van der Waals surface area contributed by atoms with Crippen molar-refractivity contribution in [3.8, 4) is 11.8 Å². The maximum atomic E-state index is 14.9. The van der Waals surface area contributed by atoms with E-state index in [9.17, 15) is 40.8 Å². The van der Waals surface area contributed by atoms with Gasteiger partial charge in [-0.2, -0.15) is 4.98 Å². The number of aromatic nitrogens is 1. The van der Waals surface area contributed by atoms with Gasteiger partial charge in [0.15, 0.2) is 5.60 Å². The van der Waals surface area contributed by atoms with Crippen molar-refractivity contribution in [3.05, 3.63) is 42.0 Å². The lowest BCUT2D eigenvalue weighted by atomic mass is 9.88. The van der Waals surface area contributed by atoms with E-state index < -0.39 is 92.3 Å². The number of sulfonamides is 1. The van der Waals surface area contributed by atoms with Crippen molar-refractivity contribution in [2.75, 3.05) is 19.8 Å². The van der Waals surface area contributed by atoms with Crippen molar-refractivity contribution < 1.29 is 55.0 Å². The van der Waals surface area contributed by atoms with Crippen LogP contribution in [-0.2, 0) is 35.6 Å². The third-order valence-corrected chi connectivity index (χ3v) is 15.1. The Morgan fingerprint density at radius 2 is 1.82 bits per heavy atom. The van der Waals surface area contributed by atoms with E-state index in [4.69, 9.17) is 19.2 Å². The Bertz CT molecular complexity index is 2180. The molecule has 1 saturated heterocycles. The molecule has 2 saturated carbocycles. The minimum absolute atomic E-state index is 0.0112. The highest BCUT2D eigenvalue weighted by molar-refractivity contribution is 7.91. The van der Waals surface area contributed by atoms with Gasteiger partial charge in [0.2, 0.25) is 33.6 Å². The molecule has 14 nitrogen and oxygen atoms in total. The highest BCUT2D eigenvalue weighted by Gasteiger charge is 2.64. The van der Waals surface area contributed by atoms with E-state index in [1.807, 2.05) is 37.3 Å². The molecule has 0 spiro atoms. The van der Waals surface area contributed by atoms with Gasteiger partial charge in [-0.05, 0) is 88.5 Å². The summed E-state index contributed by atoms with van der Waals surface area (Å²) in [6, 6.07) is 4.84. The Morgan fingerprint density at radius 1 is 1.10 bits per heavy atom. The summed E-state index contributed by atoms with van der Waals surface area (Å²) < 4.78 is 87.2. The topological polar surface area (TPSA) is 182 Å². The van der Waals surface area contributed by atoms with Crippen molar-refractivity contribution in [1.82, 2.24) is 25.2 Å². The Morgan fingerprint density at radius 3 is 2.50 bits per heavy atom. The minimum Gasteiger partial charge on any atom is -0.477 e. The quantitative estimate of drug-likeness (QED) is 0.281. The van der Waals surface area contributed by atoms with E-state index in [0.717, 1.165) is 37.6 Å². The molecule has 2 aliphatic carbocycles. The number of rotatable bonds is 9. The van der Waals surface area contributed by atoms with Crippen LogP contribution in [0.1, 0.15) is 91.5 Å². The van der Waals surface area contributed by atoms with Crippen molar-refractivity contribution in [3.63, 3.8) is 0 Å².